The molecule has 0 bridgehead atoms. The van der Waals surface area contributed by atoms with Gasteiger partial charge in [-0.25, -0.2) is 9.48 Å². The molecule has 44 heavy (non-hydrogen) atoms. The van der Waals surface area contributed by atoms with Gasteiger partial charge >= 0.3 is 12.1 Å². The molecule has 1 fully saturated rings. The van der Waals surface area contributed by atoms with E-state index < -0.39 is 5.97 Å². The molecular weight excluding hydrogens is 570 g/mol. The van der Waals surface area contributed by atoms with Gasteiger partial charge in [-0.1, -0.05) is 43.8 Å². The summed E-state index contributed by atoms with van der Waals surface area (Å²) in [5.74, 6) is 0.468. The van der Waals surface area contributed by atoms with Crippen molar-refractivity contribution in [1.29, 1.82) is 0 Å². The molecule has 14 nitrogen and oxygen atoms in total. The number of ether oxygens (including phenoxy) is 1. The molecular formula is C30H41N7O7. The number of hydrogen-bond donors (Lipinski definition) is 2. The maximum Gasteiger partial charge on any atom is 0.373 e. The zero-order valence-electron chi connectivity index (χ0n) is 25.6. The van der Waals surface area contributed by atoms with Crippen LogP contribution in [0.15, 0.2) is 47.4 Å². The Bertz CT molecular complexity index is 1350. The van der Waals surface area contributed by atoms with E-state index in [9.17, 15) is 9.59 Å². The summed E-state index contributed by atoms with van der Waals surface area (Å²) in [5.41, 5.74) is 2.16. The summed E-state index contributed by atoms with van der Waals surface area (Å²) >= 11 is 0. The number of nitrogens with one attached hydrogen (secondary N) is 1. The topological polar surface area (TPSA) is 183 Å². The number of aromatic nitrogens is 5. The van der Waals surface area contributed by atoms with Crippen LogP contribution in [0.25, 0.3) is 5.69 Å². The number of carbonyl (C=O) groups excluding carboxylic acids is 3. The fourth-order valence-corrected chi connectivity index (χ4v) is 4.76. The van der Waals surface area contributed by atoms with Crippen LogP contribution in [0.2, 0.25) is 0 Å². The molecule has 0 unspecified atom stereocenters. The summed E-state index contributed by atoms with van der Waals surface area (Å²) in [5, 5.41) is 28.1. The van der Waals surface area contributed by atoms with Gasteiger partial charge in [-0.05, 0) is 43.7 Å². The number of hydrogen-bond acceptors (Lipinski definition) is 11. The molecule has 0 radical (unpaired) electrons. The van der Waals surface area contributed by atoms with Crippen LogP contribution in [-0.4, -0.2) is 92.6 Å². The quantitative estimate of drug-likeness (QED) is 0.226. The zero-order chi connectivity index (χ0) is 32.5. The van der Waals surface area contributed by atoms with Crippen LogP contribution in [-0.2, 0) is 25.5 Å². The lowest BCUT2D eigenvalue weighted by atomic mass is 9.93. The second-order valence-electron chi connectivity index (χ2n) is 10.5. The first kappa shape index (κ1) is 35.7. The molecule has 3 aromatic rings. The number of unbranched alkanes of at least 4 members (excludes halogenated alkanes) is 1. The van der Waals surface area contributed by atoms with Gasteiger partial charge in [0, 0.05) is 52.4 Å². The van der Waals surface area contributed by atoms with Crippen LogP contribution in [0.4, 0.5) is 0 Å². The van der Waals surface area contributed by atoms with Crippen LogP contribution in [0.1, 0.15) is 67.0 Å². The Kier molecular flexibility index (Phi) is 15.3. The Balaban J connectivity index is 0.000000754. The summed E-state index contributed by atoms with van der Waals surface area (Å²) in [4.78, 5) is 41.6. The number of piperidine rings is 1. The van der Waals surface area contributed by atoms with Gasteiger partial charge in [-0.3, -0.25) is 4.79 Å². The molecule has 0 aliphatic carbocycles. The highest BCUT2D eigenvalue weighted by Gasteiger charge is 2.35. The predicted molar refractivity (Wildman–Crippen MR) is 158 cm³/mol. The summed E-state index contributed by atoms with van der Waals surface area (Å²) < 4.78 is 12.7. The molecule has 1 aliphatic rings. The van der Waals surface area contributed by atoms with Crippen molar-refractivity contribution in [2.45, 2.75) is 58.4 Å². The fraction of sp³-hybridized carbons (Fsp3) is 0.500. The molecule has 0 saturated carbocycles. The summed E-state index contributed by atoms with van der Waals surface area (Å²) in [6.45, 7) is 11.8. The lowest BCUT2D eigenvalue weighted by Crippen LogP contribution is -2.52. The van der Waals surface area contributed by atoms with Gasteiger partial charge in [-0.15, -0.1) is 15.3 Å². The summed E-state index contributed by atoms with van der Waals surface area (Å²) in [6.07, 6.45) is 4.30. The Morgan fingerprint density at radius 2 is 1.89 bits per heavy atom. The van der Waals surface area contributed by atoms with E-state index in [-0.39, 0.29) is 24.0 Å². The van der Waals surface area contributed by atoms with E-state index in [1.807, 2.05) is 35.2 Å². The van der Waals surface area contributed by atoms with Gasteiger partial charge in [0.25, 0.3) is 5.91 Å². The number of para-hydroxylation sites is 1. The van der Waals surface area contributed by atoms with Crippen molar-refractivity contribution in [3.8, 4) is 5.69 Å². The Morgan fingerprint density at radius 1 is 1.20 bits per heavy atom. The number of benzene rings is 1. The highest BCUT2D eigenvalue weighted by molar-refractivity contribution is 5.93. The normalized spacial score (nSPS) is 15.7. The minimum Gasteiger partial charge on any atom is -0.478 e. The number of aliphatic carboxylic acids is 1. The van der Waals surface area contributed by atoms with E-state index in [4.69, 9.17) is 23.8 Å². The fourth-order valence-electron chi connectivity index (χ4n) is 4.76. The standard InChI is InChI=1S/C26H37N7O3.C3H4O2.CO2/c1-18(2)17-32(22-14-20(15-27-16-22)25-30-28-19(3)36-25)26(34)24-23(12-8-9-13-35-4)33(31-29-24)21-10-6-5-7-11-21;1-2-3(4)5;2-1-3/h5-7,10-11,18,20,22,27H,8-9,12-17H2,1-4H3;2H,1H2,(H,4,5);/t20-,22+;;/m1../s1. The van der Waals surface area contributed by atoms with Crippen LogP contribution in [0.5, 0.6) is 0 Å². The number of carbonyl (C=O) groups is 2. The first-order chi connectivity index (χ1) is 21.2. The molecule has 2 aromatic heterocycles. The molecule has 4 rings (SSSR count). The van der Waals surface area contributed by atoms with Crippen molar-refractivity contribution < 1.29 is 33.4 Å². The van der Waals surface area contributed by atoms with Gasteiger partial charge in [0.1, 0.15) is 0 Å². The van der Waals surface area contributed by atoms with E-state index in [2.05, 4.69) is 46.3 Å². The molecule has 0 spiro atoms. The van der Waals surface area contributed by atoms with Crippen LogP contribution >= 0.6 is 0 Å². The molecule has 1 aromatic carbocycles. The summed E-state index contributed by atoms with van der Waals surface area (Å²) in [6, 6.07) is 9.84. The highest BCUT2D eigenvalue weighted by Crippen LogP contribution is 2.27. The van der Waals surface area contributed by atoms with Crippen molar-refractivity contribution >= 4 is 18.0 Å². The van der Waals surface area contributed by atoms with E-state index in [0.29, 0.717) is 49.5 Å². The third-order valence-corrected chi connectivity index (χ3v) is 6.63. The second-order valence-corrected chi connectivity index (χ2v) is 10.5. The number of nitrogens with zero attached hydrogens (tertiary/aromatic N) is 6. The van der Waals surface area contributed by atoms with E-state index in [1.165, 1.54) is 0 Å². The molecule has 3 heterocycles. The molecule has 238 valence electrons. The third-order valence-electron chi connectivity index (χ3n) is 6.63. The average molecular weight is 612 g/mol. The van der Waals surface area contributed by atoms with E-state index >= 15 is 0 Å². The van der Waals surface area contributed by atoms with Crippen molar-refractivity contribution in [3.05, 3.63) is 66.2 Å². The first-order valence-electron chi connectivity index (χ1n) is 14.3. The van der Waals surface area contributed by atoms with Crippen molar-refractivity contribution in [1.82, 2.24) is 35.4 Å². The van der Waals surface area contributed by atoms with Gasteiger partial charge in [0.05, 0.1) is 17.3 Å². The van der Waals surface area contributed by atoms with Crippen molar-refractivity contribution in [3.63, 3.8) is 0 Å². The van der Waals surface area contributed by atoms with Gasteiger partial charge in [0.2, 0.25) is 11.8 Å². The number of amides is 1. The largest absolute Gasteiger partial charge is 0.478 e. The molecule has 14 heteroatoms. The molecule has 1 saturated heterocycles. The second kappa shape index (κ2) is 18.9. The van der Waals surface area contributed by atoms with Crippen molar-refractivity contribution in [2.75, 3.05) is 33.4 Å². The maximum atomic E-state index is 14.1. The Labute approximate surface area is 256 Å². The number of carboxylic acid groups (broad SMARTS) is 1. The third kappa shape index (κ3) is 11.0. The Morgan fingerprint density at radius 3 is 2.45 bits per heavy atom. The summed E-state index contributed by atoms with van der Waals surface area (Å²) in [7, 11) is 1.70. The number of rotatable bonds is 12. The average Bonchev–Trinajstić information content (AvgIpc) is 3.65. The molecule has 1 amide bonds. The van der Waals surface area contributed by atoms with E-state index in [0.717, 1.165) is 43.3 Å². The van der Waals surface area contributed by atoms with Gasteiger partial charge in [0.15, 0.2) is 5.69 Å². The first-order valence-corrected chi connectivity index (χ1v) is 14.3. The minimum atomic E-state index is -0.981. The molecule has 1 aliphatic heterocycles. The monoisotopic (exact) mass is 611 g/mol. The molecule has 2 atom stereocenters. The highest BCUT2D eigenvalue weighted by atomic mass is 16.5. The van der Waals surface area contributed by atoms with Gasteiger partial charge in [-0.2, -0.15) is 9.59 Å². The van der Waals surface area contributed by atoms with Crippen LogP contribution in [0.3, 0.4) is 0 Å². The minimum absolute atomic E-state index is 0.0194. The molecule has 2 N–H and O–H groups in total. The van der Waals surface area contributed by atoms with Crippen molar-refractivity contribution in [2.24, 2.45) is 5.92 Å². The number of methoxy groups -OCH3 is 1. The van der Waals surface area contributed by atoms with Crippen LogP contribution in [0, 0.1) is 12.8 Å². The number of aryl methyl sites for hydroxylation is 1. The van der Waals surface area contributed by atoms with Gasteiger partial charge < -0.3 is 24.5 Å². The lowest BCUT2D eigenvalue weighted by molar-refractivity contribution is -0.191. The predicted octanol–water partition coefficient (Wildman–Crippen LogP) is 2.85. The smallest absolute Gasteiger partial charge is 0.373 e. The maximum absolute atomic E-state index is 14.1. The lowest BCUT2D eigenvalue weighted by Gasteiger charge is -2.37. The van der Waals surface area contributed by atoms with E-state index in [1.54, 1.807) is 18.7 Å². The Hall–Kier alpha value is -4.52. The SMILES string of the molecule is C=CC(=O)O.COCCCCc1c(C(=O)N(CC(C)C)[C@@H]2CNC[C@H](c3nnc(C)o3)C2)nnn1-c1ccccc1.O=C=O. The zero-order valence-corrected chi connectivity index (χ0v) is 25.6. The van der Waals surface area contributed by atoms with Crippen LogP contribution < -0.4 is 5.32 Å². The number of carboxylic acids is 1.